The average molecular weight is 324 g/mol. The Morgan fingerprint density at radius 3 is 1.00 bits per heavy atom. The van der Waals surface area contributed by atoms with Crippen LogP contribution in [0.5, 0.6) is 0 Å². The Morgan fingerprint density at radius 1 is 1.00 bits per heavy atom. The molecule has 8 heteroatoms. The molecule has 0 aliphatic heterocycles. The molecule has 0 amide bonds. The first-order chi connectivity index (χ1) is 2.00. The second-order valence-corrected chi connectivity index (χ2v) is 1.56. The fraction of sp³-hybridized carbons (Fsp3) is 0. The van der Waals surface area contributed by atoms with E-state index in [4.69, 9.17) is 15.7 Å². The van der Waals surface area contributed by atoms with E-state index >= 15 is 0 Å². The van der Waals surface area contributed by atoms with Crippen LogP contribution < -0.4 is 131 Å². The zero-order valence-corrected chi connectivity index (χ0v) is 14.0. The van der Waals surface area contributed by atoms with Crippen molar-refractivity contribution in [3.05, 3.63) is 0 Å². The summed E-state index contributed by atoms with van der Waals surface area (Å²) in [7, 11) is 0. The van der Waals surface area contributed by atoms with E-state index in [0.717, 1.165) is 0 Å². The second kappa shape index (κ2) is 10.9. The van der Waals surface area contributed by atoms with Crippen molar-refractivity contribution >= 4 is 0 Å². The molecule has 0 bridgehead atoms. The molecule has 0 unspecified atom stereocenters. The minimum absolute atomic E-state index is 0. The van der Waals surface area contributed by atoms with E-state index in [1.54, 1.807) is 0 Å². The minimum atomic E-state index is -5.62. The summed E-state index contributed by atoms with van der Waals surface area (Å²) < 4.78 is 34.3. The Kier molecular flexibility index (Phi) is 30.8. The van der Waals surface area contributed by atoms with Crippen LogP contribution in [0.15, 0.2) is 0 Å². The van der Waals surface area contributed by atoms with Crippen LogP contribution in [-0.2, 0) is 24.5 Å². The van der Waals surface area contributed by atoms with Crippen molar-refractivity contribution < 1.29 is 155 Å². The molecule has 40 valence electrons. The van der Waals surface area contributed by atoms with Crippen molar-refractivity contribution in [1.29, 1.82) is 0 Å². The number of halogens is 1. The van der Waals surface area contributed by atoms with Crippen molar-refractivity contribution in [3.63, 3.8) is 0 Å². The van der Waals surface area contributed by atoms with Gasteiger partial charge in [0.1, 0.15) is 0 Å². The first-order valence-corrected chi connectivity index (χ1v) is 2.54. The molecule has 0 saturated heterocycles. The molecule has 0 N–H and O–H groups in total. The van der Waals surface area contributed by atoms with Crippen LogP contribution in [0.2, 0.25) is 0 Å². The first-order valence-electron chi connectivity index (χ1n) is 0.617. The summed E-state index contributed by atoms with van der Waals surface area (Å²) in [5.41, 5.74) is 0. The molecular weight excluding hydrogens is 324 g/mol. The molecule has 0 heterocycles. The molecule has 8 heavy (non-hydrogen) atoms. The van der Waals surface area contributed by atoms with E-state index in [0.29, 0.717) is 0 Å². The van der Waals surface area contributed by atoms with Crippen LogP contribution in [0.4, 0.5) is 0 Å². The molecule has 0 aliphatic rings. The topological polar surface area (TPSA) is 74.3 Å². The van der Waals surface area contributed by atoms with Gasteiger partial charge in [-0.05, 0) is 0 Å². The van der Waals surface area contributed by atoms with E-state index in [1.165, 1.54) is 0 Å². The van der Waals surface area contributed by atoms with Gasteiger partial charge in [0, 0.05) is 0 Å². The molecular formula is IK2MnO4. The summed E-state index contributed by atoms with van der Waals surface area (Å²) in [4.78, 5) is 0. The maximum atomic E-state index is 8.58. The van der Waals surface area contributed by atoms with Gasteiger partial charge < -0.3 is 24.0 Å². The van der Waals surface area contributed by atoms with Crippen LogP contribution in [0, 0.1) is 0 Å². The zero-order chi connectivity index (χ0) is 4.50. The molecule has 0 saturated carbocycles. The predicted octanol–water partition coefficient (Wildman–Crippen LogP) is -10.5. The predicted molar refractivity (Wildman–Crippen MR) is 2.06 cm³/mol. The maximum absolute atomic E-state index is 8.58. The summed E-state index contributed by atoms with van der Waals surface area (Å²) in [6.07, 6.45) is 0. The van der Waals surface area contributed by atoms with Crippen molar-refractivity contribution in [2.45, 2.75) is 0 Å². The van der Waals surface area contributed by atoms with E-state index in [-0.39, 0.29) is 127 Å². The molecule has 0 aromatic carbocycles. The van der Waals surface area contributed by atoms with E-state index in [1.807, 2.05) is 0 Å². The molecule has 4 nitrogen and oxygen atoms in total. The molecule has 0 atom stereocenters. The van der Waals surface area contributed by atoms with Gasteiger partial charge in [0.15, 0.2) is 0 Å². The van der Waals surface area contributed by atoms with Gasteiger partial charge in [0.2, 0.25) is 0 Å². The molecule has 0 fully saturated rings. The normalized spacial score (nSPS) is 7.12. The molecule has 0 rings (SSSR count). The van der Waals surface area contributed by atoms with Crippen LogP contribution in [0.25, 0.3) is 0 Å². The molecule has 0 aromatic rings. The van der Waals surface area contributed by atoms with Crippen molar-refractivity contribution in [2.24, 2.45) is 0 Å². The molecule has 0 aromatic heterocycles. The molecule has 0 spiro atoms. The fourth-order valence-corrected chi connectivity index (χ4v) is 0. The van der Waals surface area contributed by atoms with Gasteiger partial charge in [0.25, 0.3) is 0 Å². The van der Waals surface area contributed by atoms with Gasteiger partial charge in [-0.1, -0.05) is 0 Å². The third-order valence-electron chi connectivity index (χ3n) is 0. The standard InChI is InChI=1S/HI.2K.Mn.4O/h1H;;;;;;;/q;2*+1;;;;;-1/p-1. The number of hydrogen-bond acceptors (Lipinski definition) is 4. The van der Waals surface area contributed by atoms with Gasteiger partial charge in [-0.3, -0.25) is 0 Å². The Hall–Kier alpha value is 3.88. The Labute approximate surface area is 151 Å². The van der Waals surface area contributed by atoms with Crippen molar-refractivity contribution in [1.82, 2.24) is 0 Å². The first kappa shape index (κ1) is 22.6. The summed E-state index contributed by atoms with van der Waals surface area (Å²) in [6, 6.07) is 0. The van der Waals surface area contributed by atoms with Crippen LogP contribution in [0.1, 0.15) is 0 Å². The van der Waals surface area contributed by atoms with Gasteiger partial charge in [-0.15, -0.1) is 0 Å². The van der Waals surface area contributed by atoms with E-state index in [2.05, 4.69) is 0 Å². The second-order valence-electron chi connectivity index (χ2n) is 0.378. The average Bonchev–Trinajstić information content (AvgIpc) is 0.722. The van der Waals surface area contributed by atoms with Gasteiger partial charge in [-0.2, -0.15) is 0 Å². The summed E-state index contributed by atoms with van der Waals surface area (Å²) in [5.74, 6) is 0. The summed E-state index contributed by atoms with van der Waals surface area (Å²) in [5, 5.41) is 0. The third kappa shape index (κ3) is 51.7. The molecule has 0 aliphatic carbocycles. The van der Waals surface area contributed by atoms with E-state index < -0.39 is 13.0 Å². The summed E-state index contributed by atoms with van der Waals surface area (Å²) >= 11 is -5.62. The van der Waals surface area contributed by atoms with E-state index in [9.17, 15) is 0 Å². The molecule has 0 radical (unpaired) electrons. The fourth-order valence-electron chi connectivity index (χ4n) is 0. The quantitative estimate of drug-likeness (QED) is 0.328. The van der Waals surface area contributed by atoms with Crippen LogP contribution in [0.3, 0.4) is 0 Å². The third-order valence-corrected chi connectivity index (χ3v) is 0. The van der Waals surface area contributed by atoms with Gasteiger partial charge >= 0.3 is 131 Å². The van der Waals surface area contributed by atoms with Crippen molar-refractivity contribution in [2.75, 3.05) is 0 Å². The van der Waals surface area contributed by atoms with Gasteiger partial charge in [-0.25, -0.2) is 0 Å². The monoisotopic (exact) mass is 324 g/mol. The number of hydrogen-bond donors (Lipinski definition) is 0. The van der Waals surface area contributed by atoms with Crippen molar-refractivity contribution in [3.8, 4) is 0 Å². The Balaban J connectivity index is -0.0000000267. The number of rotatable bonds is 0. The van der Waals surface area contributed by atoms with Gasteiger partial charge in [0.05, 0.1) is 0 Å². The zero-order valence-electron chi connectivity index (χ0n) is 4.39. The SMILES string of the molecule is [I-].[K+].[K+].[O]=[Mn](=[O])(=[O])[O-]. The van der Waals surface area contributed by atoms with Crippen LogP contribution in [-0.4, -0.2) is 0 Å². The summed E-state index contributed by atoms with van der Waals surface area (Å²) in [6.45, 7) is 0. The Morgan fingerprint density at radius 2 is 1.00 bits per heavy atom. The Bertz CT molecular complexity index is 135. The van der Waals surface area contributed by atoms with Crippen LogP contribution >= 0.6 is 0 Å².